The Morgan fingerprint density at radius 2 is 2.00 bits per heavy atom. The third kappa shape index (κ3) is 2.20. The summed E-state index contributed by atoms with van der Waals surface area (Å²) in [6.45, 7) is 8.07. The lowest BCUT2D eigenvalue weighted by atomic mass is 10.3. The van der Waals surface area contributed by atoms with Gasteiger partial charge in [-0.05, 0) is 19.1 Å². The van der Waals surface area contributed by atoms with Crippen molar-refractivity contribution in [1.82, 2.24) is 19.5 Å². The summed E-state index contributed by atoms with van der Waals surface area (Å²) in [5.41, 5.74) is 1.89. The van der Waals surface area contributed by atoms with E-state index in [0.29, 0.717) is 4.77 Å². The molecule has 6 nitrogen and oxygen atoms in total. The van der Waals surface area contributed by atoms with Gasteiger partial charge in [0.15, 0.2) is 11.5 Å². The molecule has 0 aromatic carbocycles. The number of rotatable bonds is 3. The molecule has 0 bridgehead atoms. The average molecular weight is 293 g/mol. The van der Waals surface area contributed by atoms with Gasteiger partial charge in [-0.15, -0.1) is 0 Å². The molecule has 0 unspecified atom stereocenters. The molecule has 1 aliphatic heterocycles. The van der Waals surface area contributed by atoms with Crippen molar-refractivity contribution in [2.75, 3.05) is 31.2 Å². The van der Waals surface area contributed by atoms with Crippen LogP contribution in [0, 0.1) is 4.77 Å². The number of aromatic amines is 1. The summed E-state index contributed by atoms with van der Waals surface area (Å²) in [7, 11) is 0. The molecule has 3 heterocycles. The van der Waals surface area contributed by atoms with E-state index >= 15 is 0 Å². The fourth-order valence-electron chi connectivity index (χ4n) is 2.52. The van der Waals surface area contributed by atoms with Gasteiger partial charge in [0.25, 0.3) is 0 Å². The number of hydrogen-bond donors (Lipinski definition) is 1. The van der Waals surface area contributed by atoms with Crippen LogP contribution in [0.2, 0.25) is 0 Å². The van der Waals surface area contributed by atoms with Crippen LogP contribution in [-0.2, 0) is 17.7 Å². The number of nitrogens with one attached hydrogen (secondary N) is 1. The summed E-state index contributed by atoms with van der Waals surface area (Å²) in [6, 6.07) is 0. The Bertz CT molecular complexity index is 671. The molecule has 0 aliphatic carbocycles. The number of nitrogens with zero attached hydrogens (tertiary/aromatic N) is 4. The first-order chi connectivity index (χ1) is 9.74. The monoisotopic (exact) mass is 293 g/mol. The molecule has 7 heteroatoms. The lowest BCUT2D eigenvalue weighted by molar-refractivity contribution is 0.122. The molecule has 2 aromatic heterocycles. The molecule has 20 heavy (non-hydrogen) atoms. The van der Waals surface area contributed by atoms with Gasteiger partial charge in [0.1, 0.15) is 11.3 Å². The number of imidazole rings is 1. The molecule has 0 saturated carbocycles. The van der Waals surface area contributed by atoms with Gasteiger partial charge in [-0.3, -0.25) is 4.57 Å². The number of aromatic nitrogens is 4. The maximum atomic E-state index is 5.42. The molecule has 1 fully saturated rings. The summed E-state index contributed by atoms with van der Waals surface area (Å²) < 4.78 is 7.98. The summed E-state index contributed by atoms with van der Waals surface area (Å²) in [5.74, 6) is 1.88. The molecule has 0 atom stereocenters. The molecule has 3 rings (SSSR count). The summed E-state index contributed by atoms with van der Waals surface area (Å²) >= 11 is 5.42. The van der Waals surface area contributed by atoms with E-state index in [1.165, 1.54) is 0 Å². The van der Waals surface area contributed by atoms with Crippen molar-refractivity contribution in [3.8, 4) is 0 Å². The molecule has 108 valence electrons. The van der Waals surface area contributed by atoms with Crippen molar-refractivity contribution in [1.29, 1.82) is 0 Å². The fraction of sp³-hybridized carbons (Fsp3) is 0.615. The first kappa shape index (κ1) is 13.5. The lowest BCUT2D eigenvalue weighted by Crippen LogP contribution is -2.37. The second-order valence-electron chi connectivity index (χ2n) is 4.80. The van der Waals surface area contributed by atoms with Crippen LogP contribution in [0.5, 0.6) is 0 Å². The van der Waals surface area contributed by atoms with Gasteiger partial charge in [-0.1, -0.05) is 6.92 Å². The molecule has 0 spiro atoms. The van der Waals surface area contributed by atoms with Crippen molar-refractivity contribution in [3.63, 3.8) is 0 Å². The van der Waals surface area contributed by atoms with Gasteiger partial charge in [0, 0.05) is 26.1 Å². The third-order valence-electron chi connectivity index (χ3n) is 3.61. The Hall–Kier alpha value is -1.47. The predicted octanol–water partition coefficient (Wildman–Crippen LogP) is 1.91. The minimum absolute atomic E-state index is 0.593. The van der Waals surface area contributed by atoms with Crippen LogP contribution in [0.25, 0.3) is 11.2 Å². The van der Waals surface area contributed by atoms with E-state index in [1.807, 2.05) is 4.57 Å². The zero-order chi connectivity index (χ0) is 14.1. The van der Waals surface area contributed by atoms with Crippen molar-refractivity contribution in [2.45, 2.75) is 26.8 Å². The number of ether oxygens (including phenoxy) is 1. The van der Waals surface area contributed by atoms with Crippen molar-refractivity contribution in [2.24, 2.45) is 0 Å². The van der Waals surface area contributed by atoms with E-state index in [4.69, 9.17) is 17.0 Å². The van der Waals surface area contributed by atoms with Crippen LogP contribution in [0.3, 0.4) is 0 Å². The SMILES string of the molecule is CCc1nc2c([nH]1)c(N1CCOCC1)nc(=S)n2CC. The maximum Gasteiger partial charge on any atom is 0.203 e. The highest BCUT2D eigenvalue weighted by atomic mass is 32.1. The van der Waals surface area contributed by atoms with E-state index in [1.54, 1.807) is 0 Å². The van der Waals surface area contributed by atoms with Gasteiger partial charge < -0.3 is 14.6 Å². The van der Waals surface area contributed by atoms with E-state index in [0.717, 1.165) is 62.1 Å². The second-order valence-corrected chi connectivity index (χ2v) is 5.16. The minimum Gasteiger partial charge on any atom is -0.378 e. The lowest BCUT2D eigenvalue weighted by Gasteiger charge is -2.28. The normalized spacial score (nSPS) is 16.0. The molecule has 1 aliphatic rings. The van der Waals surface area contributed by atoms with Crippen LogP contribution in [0.4, 0.5) is 5.82 Å². The topological polar surface area (TPSA) is 59.0 Å². The van der Waals surface area contributed by atoms with E-state index in [-0.39, 0.29) is 0 Å². The van der Waals surface area contributed by atoms with Crippen LogP contribution >= 0.6 is 12.2 Å². The fourth-order valence-corrected chi connectivity index (χ4v) is 2.82. The summed E-state index contributed by atoms with van der Waals surface area (Å²) in [5, 5.41) is 0. The summed E-state index contributed by atoms with van der Waals surface area (Å²) in [6.07, 6.45) is 0.869. The molecule has 0 amide bonds. The van der Waals surface area contributed by atoms with Crippen molar-refractivity contribution >= 4 is 29.2 Å². The van der Waals surface area contributed by atoms with Gasteiger partial charge in [-0.2, -0.15) is 0 Å². The largest absolute Gasteiger partial charge is 0.378 e. The molecule has 1 N–H and O–H groups in total. The van der Waals surface area contributed by atoms with Crippen molar-refractivity contribution in [3.05, 3.63) is 10.6 Å². The minimum atomic E-state index is 0.593. The number of fused-ring (bicyclic) bond motifs is 1. The Labute approximate surface area is 122 Å². The summed E-state index contributed by atoms with van der Waals surface area (Å²) in [4.78, 5) is 14.9. The maximum absolute atomic E-state index is 5.42. The van der Waals surface area contributed by atoms with Crippen LogP contribution in [0.15, 0.2) is 0 Å². The van der Waals surface area contributed by atoms with Gasteiger partial charge in [0.05, 0.1) is 13.2 Å². The van der Waals surface area contributed by atoms with E-state index in [9.17, 15) is 0 Å². The smallest absolute Gasteiger partial charge is 0.203 e. The molecule has 0 radical (unpaired) electrons. The Morgan fingerprint density at radius 1 is 1.25 bits per heavy atom. The van der Waals surface area contributed by atoms with E-state index < -0.39 is 0 Å². The zero-order valence-electron chi connectivity index (χ0n) is 11.8. The first-order valence-electron chi connectivity index (χ1n) is 7.06. The molecular weight excluding hydrogens is 274 g/mol. The highest BCUT2D eigenvalue weighted by Crippen LogP contribution is 2.24. The number of H-pyrrole nitrogens is 1. The number of aryl methyl sites for hydroxylation is 2. The van der Waals surface area contributed by atoms with Gasteiger partial charge in [-0.25, -0.2) is 9.97 Å². The van der Waals surface area contributed by atoms with Crippen LogP contribution in [0.1, 0.15) is 19.7 Å². The zero-order valence-corrected chi connectivity index (χ0v) is 12.7. The number of morpholine rings is 1. The molecular formula is C13H19N5OS. The van der Waals surface area contributed by atoms with Gasteiger partial charge >= 0.3 is 0 Å². The third-order valence-corrected chi connectivity index (χ3v) is 3.92. The van der Waals surface area contributed by atoms with Crippen LogP contribution < -0.4 is 4.90 Å². The predicted molar refractivity (Wildman–Crippen MR) is 80.8 cm³/mol. The number of hydrogen-bond acceptors (Lipinski definition) is 5. The Morgan fingerprint density at radius 3 is 2.65 bits per heavy atom. The highest BCUT2D eigenvalue weighted by molar-refractivity contribution is 7.71. The Kier molecular flexibility index (Phi) is 3.71. The van der Waals surface area contributed by atoms with Crippen molar-refractivity contribution < 1.29 is 4.74 Å². The van der Waals surface area contributed by atoms with E-state index in [2.05, 4.69) is 33.7 Å². The van der Waals surface area contributed by atoms with Crippen LogP contribution in [-0.4, -0.2) is 45.8 Å². The Balaban J connectivity index is 2.20. The highest BCUT2D eigenvalue weighted by Gasteiger charge is 2.19. The molecule has 1 saturated heterocycles. The second kappa shape index (κ2) is 5.49. The van der Waals surface area contributed by atoms with Gasteiger partial charge in [0.2, 0.25) is 4.77 Å². The first-order valence-corrected chi connectivity index (χ1v) is 7.47. The standard InChI is InChI=1S/C13H19N5OS/c1-3-9-14-10-11(17-5-7-19-8-6-17)16-13(20)18(4-2)12(10)15-9/h3-8H2,1-2H3,(H,14,15). The average Bonchev–Trinajstić information content (AvgIpc) is 2.91. The molecule has 2 aromatic rings. The number of anilines is 1. The quantitative estimate of drug-likeness (QED) is 0.876.